The average Bonchev–Trinajstić information content (AvgIpc) is 2.55. The van der Waals surface area contributed by atoms with Crippen LogP contribution < -0.4 is 10.6 Å². The third-order valence-electron chi connectivity index (χ3n) is 2.90. The zero-order valence-electron chi connectivity index (χ0n) is 11.8. The maximum Gasteiger partial charge on any atom is 0.269 e. The first-order chi connectivity index (χ1) is 11.0. The zero-order valence-corrected chi connectivity index (χ0v) is 13.4. The molecule has 2 rings (SSSR count). The van der Waals surface area contributed by atoms with Gasteiger partial charge in [0.15, 0.2) is 0 Å². The third kappa shape index (κ3) is 4.62. The van der Waals surface area contributed by atoms with Crippen LogP contribution in [0, 0.1) is 10.1 Å². The van der Waals surface area contributed by atoms with Gasteiger partial charge in [-0.3, -0.25) is 19.7 Å². The molecule has 0 aliphatic rings. The maximum absolute atomic E-state index is 11.9. The summed E-state index contributed by atoms with van der Waals surface area (Å²) in [7, 11) is 0. The van der Waals surface area contributed by atoms with Crippen molar-refractivity contribution in [2.75, 3.05) is 11.9 Å². The van der Waals surface area contributed by atoms with Crippen LogP contribution in [0.3, 0.4) is 0 Å². The van der Waals surface area contributed by atoms with E-state index in [1.807, 2.05) is 6.07 Å². The fourth-order valence-electron chi connectivity index (χ4n) is 1.75. The van der Waals surface area contributed by atoms with Crippen LogP contribution in [0.4, 0.5) is 11.4 Å². The number of halogens is 1. The Kier molecular flexibility index (Phi) is 5.42. The second kappa shape index (κ2) is 7.50. The Hall–Kier alpha value is -2.74. The quantitative estimate of drug-likeness (QED) is 0.617. The molecule has 2 aromatic rings. The minimum atomic E-state index is -0.549. The van der Waals surface area contributed by atoms with Gasteiger partial charge in [0.25, 0.3) is 11.6 Å². The topological polar surface area (TPSA) is 101 Å². The van der Waals surface area contributed by atoms with Gasteiger partial charge in [-0.25, -0.2) is 0 Å². The van der Waals surface area contributed by atoms with E-state index in [1.54, 1.807) is 18.2 Å². The van der Waals surface area contributed by atoms with Gasteiger partial charge in [-0.15, -0.1) is 0 Å². The molecule has 0 saturated carbocycles. The van der Waals surface area contributed by atoms with Gasteiger partial charge < -0.3 is 10.6 Å². The van der Waals surface area contributed by atoms with Crippen molar-refractivity contribution in [3.63, 3.8) is 0 Å². The number of rotatable bonds is 5. The number of nitrogens with one attached hydrogen (secondary N) is 2. The van der Waals surface area contributed by atoms with E-state index in [4.69, 9.17) is 0 Å². The van der Waals surface area contributed by atoms with E-state index in [2.05, 4.69) is 26.6 Å². The van der Waals surface area contributed by atoms with Gasteiger partial charge in [-0.1, -0.05) is 12.1 Å². The van der Waals surface area contributed by atoms with E-state index in [0.717, 1.165) is 4.47 Å². The van der Waals surface area contributed by atoms with Crippen LogP contribution in [0.5, 0.6) is 0 Å². The first kappa shape index (κ1) is 16.6. The minimum Gasteiger partial charge on any atom is -0.343 e. The number of hydrogen-bond acceptors (Lipinski definition) is 4. The number of carbonyl (C=O) groups excluding carboxylic acids is 2. The summed E-state index contributed by atoms with van der Waals surface area (Å²) >= 11 is 3.30. The lowest BCUT2D eigenvalue weighted by molar-refractivity contribution is -0.384. The predicted octanol–water partition coefficient (Wildman–Crippen LogP) is 2.73. The SMILES string of the molecule is O=C(CNC(=O)c1ccc([N+](=O)[O-])cc1)Nc1ccccc1Br. The van der Waals surface area contributed by atoms with Crippen LogP contribution in [0.2, 0.25) is 0 Å². The van der Waals surface area contributed by atoms with Gasteiger partial charge >= 0.3 is 0 Å². The Morgan fingerprint density at radius 1 is 1.09 bits per heavy atom. The fourth-order valence-corrected chi connectivity index (χ4v) is 2.14. The molecule has 8 heteroatoms. The number of non-ortho nitro benzene ring substituents is 1. The summed E-state index contributed by atoms with van der Waals surface area (Å²) in [6.45, 7) is -0.211. The first-order valence-corrected chi connectivity index (χ1v) is 7.33. The molecule has 7 nitrogen and oxygen atoms in total. The Morgan fingerprint density at radius 2 is 1.74 bits per heavy atom. The Morgan fingerprint density at radius 3 is 2.35 bits per heavy atom. The highest BCUT2D eigenvalue weighted by molar-refractivity contribution is 9.10. The van der Waals surface area contributed by atoms with Crippen molar-refractivity contribution < 1.29 is 14.5 Å². The molecule has 0 saturated heterocycles. The highest BCUT2D eigenvalue weighted by atomic mass is 79.9. The van der Waals surface area contributed by atoms with Crippen molar-refractivity contribution in [3.8, 4) is 0 Å². The average molecular weight is 378 g/mol. The lowest BCUT2D eigenvalue weighted by atomic mass is 10.2. The molecule has 2 N–H and O–H groups in total. The summed E-state index contributed by atoms with van der Waals surface area (Å²) in [4.78, 5) is 33.7. The minimum absolute atomic E-state index is 0.103. The highest BCUT2D eigenvalue weighted by Crippen LogP contribution is 2.20. The summed E-state index contributed by atoms with van der Waals surface area (Å²) in [5, 5.41) is 15.6. The van der Waals surface area contributed by atoms with E-state index in [-0.39, 0.29) is 23.7 Å². The van der Waals surface area contributed by atoms with E-state index >= 15 is 0 Å². The number of para-hydroxylation sites is 1. The van der Waals surface area contributed by atoms with Crippen LogP contribution in [-0.4, -0.2) is 23.3 Å². The Bertz CT molecular complexity index is 747. The number of anilines is 1. The van der Waals surface area contributed by atoms with Crippen LogP contribution in [-0.2, 0) is 4.79 Å². The molecule has 2 aromatic carbocycles. The highest BCUT2D eigenvalue weighted by Gasteiger charge is 2.11. The standard InChI is InChI=1S/C15H12BrN3O4/c16-12-3-1-2-4-13(12)18-14(20)9-17-15(21)10-5-7-11(8-6-10)19(22)23/h1-8H,9H2,(H,17,21)(H,18,20). The molecular formula is C15H12BrN3O4. The summed E-state index contributed by atoms with van der Waals surface area (Å²) < 4.78 is 0.732. The van der Waals surface area contributed by atoms with Crippen LogP contribution in [0.25, 0.3) is 0 Å². The smallest absolute Gasteiger partial charge is 0.269 e. The maximum atomic E-state index is 11.9. The number of nitro benzene ring substituents is 1. The second-order valence-corrected chi connectivity index (χ2v) is 5.37. The number of nitrogens with zero attached hydrogens (tertiary/aromatic N) is 1. The zero-order chi connectivity index (χ0) is 16.8. The molecule has 0 radical (unpaired) electrons. The van der Waals surface area contributed by atoms with Gasteiger partial charge in [0.2, 0.25) is 5.91 Å². The molecule has 0 heterocycles. The Labute approximate surface area is 140 Å². The number of nitro groups is 1. The molecule has 23 heavy (non-hydrogen) atoms. The third-order valence-corrected chi connectivity index (χ3v) is 3.59. The first-order valence-electron chi connectivity index (χ1n) is 6.54. The molecule has 0 atom stereocenters. The van der Waals surface area contributed by atoms with Crippen molar-refractivity contribution in [3.05, 3.63) is 68.7 Å². The normalized spacial score (nSPS) is 9.96. The lowest BCUT2D eigenvalue weighted by Gasteiger charge is -2.08. The van der Waals surface area contributed by atoms with Crippen LogP contribution >= 0.6 is 15.9 Å². The monoisotopic (exact) mass is 377 g/mol. The van der Waals surface area contributed by atoms with Crippen molar-refractivity contribution >= 4 is 39.1 Å². The van der Waals surface area contributed by atoms with Crippen molar-refractivity contribution in [2.24, 2.45) is 0 Å². The molecule has 0 fully saturated rings. The van der Waals surface area contributed by atoms with E-state index in [9.17, 15) is 19.7 Å². The van der Waals surface area contributed by atoms with Crippen LogP contribution in [0.1, 0.15) is 10.4 Å². The molecule has 0 aliphatic carbocycles. The van der Waals surface area contributed by atoms with Crippen molar-refractivity contribution in [2.45, 2.75) is 0 Å². The van der Waals surface area contributed by atoms with Gasteiger partial charge in [0.1, 0.15) is 0 Å². The fraction of sp³-hybridized carbons (Fsp3) is 0.0667. The molecule has 0 bridgehead atoms. The molecule has 118 valence electrons. The number of hydrogen-bond donors (Lipinski definition) is 2. The molecule has 0 aliphatic heterocycles. The number of amides is 2. The van der Waals surface area contributed by atoms with Crippen LogP contribution in [0.15, 0.2) is 53.0 Å². The number of benzene rings is 2. The molecule has 2 amide bonds. The van der Waals surface area contributed by atoms with E-state index in [1.165, 1.54) is 24.3 Å². The van der Waals surface area contributed by atoms with E-state index < -0.39 is 10.8 Å². The summed E-state index contributed by atoms with van der Waals surface area (Å²) in [5.41, 5.74) is 0.736. The summed E-state index contributed by atoms with van der Waals surface area (Å²) in [6, 6.07) is 12.2. The van der Waals surface area contributed by atoms with Gasteiger partial charge in [0, 0.05) is 22.2 Å². The predicted molar refractivity (Wildman–Crippen MR) is 88.2 cm³/mol. The summed E-state index contributed by atoms with van der Waals surface area (Å²) in [5.74, 6) is -0.866. The Balaban J connectivity index is 1.90. The number of carbonyl (C=O) groups is 2. The van der Waals surface area contributed by atoms with Gasteiger partial charge in [-0.2, -0.15) is 0 Å². The molecular weight excluding hydrogens is 366 g/mol. The lowest BCUT2D eigenvalue weighted by Crippen LogP contribution is -2.32. The van der Waals surface area contributed by atoms with Gasteiger partial charge in [0.05, 0.1) is 17.2 Å². The van der Waals surface area contributed by atoms with Crippen molar-refractivity contribution in [1.29, 1.82) is 0 Å². The second-order valence-electron chi connectivity index (χ2n) is 4.51. The largest absolute Gasteiger partial charge is 0.343 e. The molecule has 0 unspecified atom stereocenters. The molecule has 0 aromatic heterocycles. The summed E-state index contributed by atoms with van der Waals surface area (Å²) in [6.07, 6.45) is 0. The van der Waals surface area contributed by atoms with Gasteiger partial charge in [-0.05, 0) is 40.2 Å². The van der Waals surface area contributed by atoms with E-state index in [0.29, 0.717) is 5.69 Å². The van der Waals surface area contributed by atoms with Crippen molar-refractivity contribution in [1.82, 2.24) is 5.32 Å². The molecule has 0 spiro atoms.